The van der Waals surface area contributed by atoms with Gasteiger partial charge in [-0.05, 0) is 0 Å². The number of rotatable bonds is 6. The van der Waals surface area contributed by atoms with Crippen LogP contribution in [-0.4, -0.2) is 17.8 Å². The first-order chi connectivity index (χ1) is 16.6. The third-order valence-corrected chi connectivity index (χ3v) is 22.4. The molecule has 0 radical (unpaired) electrons. The summed E-state index contributed by atoms with van der Waals surface area (Å²) >= 11 is -5.28. The summed E-state index contributed by atoms with van der Waals surface area (Å²) in [5.74, 6) is -1.24. The summed E-state index contributed by atoms with van der Waals surface area (Å²) in [6.45, 7) is 0. The van der Waals surface area contributed by atoms with Gasteiger partial charge in [-0.3, -0.25) is 0 Å². The van der Waals surface area contributed by atoms with Crippen LogP contribution in [0.2, 0.25) is 0 Å². The van der Waals surface area contributed by atoms with E-state index in [2.05, 4.69) is 0 Å². The van der Waals surface area contributed by atoms with Crippen molar-refractivity contribution in [3.05, 3.63) is 151 Å². The summed E-state index contributed by atoms with van der Waals surface area (Å²) in [5.41, 5.74) is 0. The Hall–Kier alpha value is -3.42. The molecule has 1 nitrogen and oxygen atoms in total. The van der Waals surface area contributed by atoms with Crippen molar-refractivity contribution in [1.82, 2.24) is 0 Å². The third-order valence-electron chi connectivity index (χ3n) is 6.17. The van der Waals surface area contributed by atoms with Gasteiger partial charge in [0.25, 0.3) is 0 Å². The molecule has 5 rings (SSSR count). The molecule has 0 saturated heterocycles. The molecule has 0 bridgehead atoms. The molecule has 0 aliphatic heterocycles. The van der Waals surface area contributed by atoms with Crippen LogP contribution in [-0.2, 0) is 0 Å². The fourth-order valence-electron chi connectivity index (χ4n) is 4.70. The summed E-state index contributed by atoms with van der Waals surface area (Å²) in [4.78, 5) is 0. The van der Waals surface area contributed by atoms with E-state index in [0.29, 0.717) is 0 Å². The minimum absolute atomic E-state index is 0.0952. The van der Waals surface area contributed by atoms with Gasteiger partial charge >= 0.3 is 201 Å². The molecular formula is C30H23F2OSb. The van der Waals surface area contributed by atoms with E-state index in [-0.39, 0.29) is 5.75 Å². The second kappa shape index (κ2) is 9.08. The Balaban J connectivity index is 2.05. The number of hydrogen-bond donors (Lipinski definition) is 0. The minimum atomic E-state index is -5.28. The normalized spacial score (nSPS) is 12.5. The van der Waals surface area contributed by atoms with E-state index in [1.807, 2.05) is 121 Å². The molecule has 0 aliphatic rings. The van der Waals surface area contributed by atoms with Crippen molar-refractivity contribution in [2.75, 3.05) is 0 Å². The molecule has 0 heterocycles. The molecule has 0 saturated carbocycles. The van der Waals surface area contributed by atoms with Crippen molar-refractivity contribution in [2.24, 2.45) is 0 Å². The van der Waals surface area contributed by atoms with Gasteiger partial charge in [0.2, 0.25) is 0 Å². The quantitative estimate of drug-likeness (QED) is 0.270. The topological polar surface area (TPSA) is 9.23 Å². The van der Waals surface area contributed by atoms with E-state index >= 15 is 4.39 Å². The first kappa shape index (κ1) is 22.4. The van der Waals surface area contributed by atoms with Crippen LogP contribution >= 0.6 is 0 Å². The molecule has 168 valence electrons. The van der Waals surface area contributed by atoms with E-state index in [4.69, 9.17) is 3.02 Å². The molecule has 0 atom stereocenters. The summed E-state index contributed by atoms with van der Waals surface area (Å²) in [6, 6.07) is 43.4. The predicted octanol–water partition coefficient (Wildman–Crippen LogP) is 4.87. The van der Waals surface area contributed by atoms with Gasteiger partial charge in [-0.1, -0.05) is 0 Å². The maximum atomic E-state index is 15.3. The van der Waals surface area contributed by atoms with Crippen molar-refractivity contribution >= 4 is 31.9 Å². The zero-order valence-electron chi connectivity index (χ0n) is 18.4. The van der Waals surface area contributed by atoms with Gasteiger partial charge in [0.1, 0.15) is 0 Å². The van der Waals surface area contributed by atoms with E-state index in [1.54, 1.807) is 0 Å². The molecule has 0 unspecified atom stereocenters. The Labute approximate surface area is 199 Å². The van der Waals surface area contributed by atoms with Crippen molar-refractivity contribution in [1.29, 1.82) is 0 Å². The molecule has 0 aromatic heterocycles. The summed E-state index contributed by atoms with van der Waals surface area (Å²) < 4.78 is 40.7. The Morgan fingerprint density at radius 2 is 0.794 bits per heavy atom. The molecule has 34 heavy (non-hydrogen) atoms. The van der Waals surface area contributed by atoms with E-state index < -0.39 is 29.5 Å². The molecule has 4 heteroatoms. The third kappa shape index (κ3) is 3.43. The molecule has 0 amide bonds. The molecule has 5 aromatic rings. The van der Waals surface area contributed by atoms with Crippen LogP contribution < -0.4 is 17.1 Å². The number of halogens is 2. The molecular weight excluding hydrogens is 536 g/mol. The second-order valence-electron chi connectivity index (χ2n) is 8.04. The van der Waals surface area contributed by atoms with E-state index in [0.717, 1.165) is 32.2 Å². The van der Waals surface area contributed by atoms with Gasteiger partial charge in [0, 0.05) is 0 Å². The summed E-state index contributed by atoms with van der Waals surface area (Å²) in [7, 11) is 0. The van der Waals surface area contributed by atoms with Crippen molar-refractivity contribution in [2.45, 2.75) is 0 Å². The van der Waals surface area contributed by atoms with Crippen LogP contribution in [0, 0.1) is 11.6 Å². The molecule has 0 N–H and O–H groups in total. The molecule has 0 spiro atoms. The summed E-state index contributed by atoms with van der Waals surface area (Å²) in [5, 5.41) is 0. The first-order valence-electron chi connectivity index (χ1n) is 11.0. The van der Waals surface area contributed by atoms with E-state index in [9.17, 15) is 4.39 Å². The van der Waals surface area contributed by atoms with Gasteiger partial charge in [-0.15, -0.1) is 0 Å². The van der Waals surface area contributed by atoms with Gasteiger partial charge in [-0.25, -0.2) is 0 Å². The Bertz CT molecular complexity index is 1220. The molecule has 5 aromatic carbocycles. The van der Waals surface area contributed by atoms with Crippen molar-refractivity contribution < 1.29 is 11.8 Å². The predicted molar refractivity (Wildman–Crippen MR) is 137 cm³/mol. The van der Waals surface area contributed by atoms with Crippen molar-refractivity contribution in [3.63, 3.8) is 0 Å². The number of hydrogen-bond acceptors (Lipinski definition) is 1. The Kier molecular flexibility index (Phi) is 5.98. The van der Waals surface area contributed by atoms with Crippen LogP contribution in [0.4, 0.5) is 8.78 Å². The number of benzene rings is 5. The average Bonchev–Trinajstić information content (AvgIpc) is 2.91. The van der Waals surface area contributed by atoms with Gasteiger partial charge in [0.05, 0.1) is 0 Å². The van der Waals surface area contributed by atoms with Crippen LogP contribution in [0.1, 0.15) is 0 Å². The first-order valence-corrected chi connectivity index (χ1v) is 17.2. The van der Waals surface area contributed by atoms with Gasteiger partial charge < -0.3 is 0 Å². The van der Waals surface area contributed by atoms with Crippen LogP contribution in [0.15, 0.2) is 140 Å². The fraction of sp³-hybridized carbons (Fsp3) is 0. The SMILES string of the molecule is Fc1ccc(F)c([O][Sb]([c]2ccccc2)([c]2ccccc2)([c]2ccccc2)[c]2ccccc2)c1. The van der Waals surface area contributed by atoms with Gasteiger partial charge in [0.15, 0.2) is 0 Å². The van der Waals surface area contributed by atoms with Crippen LogP contribution in [0.25, 0.3) is 0 Å². The zero-order chi connectivity index (χ0) is 23.5. The molecule has 0 aliphatic carbocycles. The van der Waals surface area contributed by atoms with Crippen molar-refractivity contribution in [3.8, 4) is 5.75 Å². The Morgan fingerprint density at radius 3 is 1.15 bits per heavy atom. The van der Waals surface area contributed by atoms with Crippen LogP contribution in [0.5, 0.6) is 5.75 Å². The monoisotopic (exact) mass is 558 g/mol. The van der Waals surface area contributed by atoms with Gasteiger partial charge in [-0.2, -0.15) is 0 Å². The zero-order valence-corrected chi connectivity index (χ0v) is 20.9. The summed E-state index contributed by atoms with van der Waals surface area (Å²) in [6.07, 6.45) is 0. The fourth-order valence-corrected chi connectivity index (χ4v) is 21.0. The van der Waals surface area contributed by atoms with Crippen LogP contribution in [0.3, 0.4) is 0 Å². The molecule has 0 fully saturated rings. The maximum absolute atomic E-state index is 15.3. The second-order valence-corrected chi connectivity index (χ2v) is 20.4. The Morgan fingerprint density at radius 1 is 0.441 bits per heavy atom. The standard InChI is InChI=1S/C6H4F2O.4C6H5.Sb/c7-4-1-2-5(8)6(9)3-4;4*1-2-4-6-5-3-1;/h1-3,9H;4*1-5H;/q;;;;;+1/p-1. The average molecular weight is 559 g/mol. The van der Waals surface area contributed by atoms with E-state index in [1.165, 1.54) is 0 Å².